The van der Waals surface area contributed by atoms with Crippen LogP contribution in [0.25, 0.3) is 0 Å². The van der Waals surface area contributed by atoms with Gasteiger partial charge in [0.15, 0.2) is 0 Å². The minimum absolute atomic E-state index is 0.683. The average Bonchev–Trinajstić information content (AvgIpc) is 2.38. The number of nitrogens with zero attached hydrogens (tertiary/aromatic N) is 1. The van der Waals surface area contributed by atoms with Crippen molar-refractivity contribution in [3.63, 3.8) is 0 Å². The van der Waals surface area contributed by atoms with E-state index in [1.165, 1.54) is 64.7 Å². The Morgan fingerprint density at radius 2 is 1.94 bits per heavy atom. The van der Waals surface area contributed by atoms with Crippen molar-refractivity contribution in [3.8, 4) is 0 Å². The molecular formula is C15H30N2. The highest BCUT2D eigenvalue weighted by Gasteiger charge is 2.30. The van der Waals surface area contributed by atoms with Gasteiger partial charge in [-0.3, -0.25) is 0 Å². The first kappa shape index (κ1) is 13.4. The molecule has 0 spiro atoms. The van der Waals surface area contributed by atoms with Crippen LogP contribution in [0, 0.1) is 11.8 Å². The van der Waals surface area contributed by atoms with Gasteiger partial charge in [0.25, 0.3) is 0 Å². The second-order valence-electron chi connectivity index (χ2n) is 6.16. The van der Waals surface area contributed by atoms with Gasteiger partial charge in [0.1, 0.15) is 0 Å². The number of rotatable bonds is 5. The van der Waals surface area contributed by atoms with Crippen molar-refractivity contribution in [1.82, 2.24) is 10.2 Å². The Hall–Kier alpha value is -0.0800. The summed E-state index contributed by atoms with van der Waals surface area (Å²) < 4.78 is 0. The van der Waals surface area contributed by atoms with E-state index in [1.807, 2.05) is 0 Å². The van der Waals surface area contributed by atoms with Crippen molar-refractivity contribution in [1.29, 1.82) is 0 Å². The Morgan fingerprint density at radius 1 is 1.18 bits per heavy atom. The van der Waals surface area contributed by atoms with Crippen molar-refractivity contribution >= 4 is 0 Å². The molecule has 1 heterocycles. The predicted molar refractivity (Wildman–Crippen MR) is 74.3 cm³/mol. The zero-order chi connectivity index (χ0) is 12.1. The third kappa shape index (κ3) is 3.96. The van der Waals surface area contributed by atoms with E-state index >= 15 is 0 Å². The molecule has 1 aliphatic heterocycles. The maximum Gasteiger partial charge on any atom is 0.0107 e. The van der Waals surface area contributed by atoms with Crippen LogP contribution in [0.1, 0.15) is 52.4 Å². The summed E-state index contributed by atoms with van der Waals surface area (Å²) in [4.78, 5) is 2.70. The van der Waals surface area contributed by atoms with E-state index in [-0.39, 0.29) is 0 Å². The van der Waals surface area contributed by atoms with E-state index in [1.54, 1.807) is 0 Å². The Morgan fingerprint density at radius 3 is 2.71 bits per heavy atom. The number of hydrogen-bond donors (Lipinski definition) is 1. The van der Waals surface area contributed by atoms with Crippen LogP contribution in [-0.2, 0) is 0 Å². The highest BCUT2D eigenvalue weighted by Crippen LogP contribution is 2.35. The van der Waals surface area contributed by atoms with E-state index in [9.17, 15) is 0 Å². The predicted octanol–water partition coefficient (Wildman–Crippen LogP) is 2.89. The van der Waals surface area contributed by atoms with Gasteiger partial charge in [0.2, 0.25) is 0 Å². The van der Waals surface area contributed by atoms with Crippen molar-refractivity contribution in [2.75, 3.05) is 26.2 Å². The zero-order valence-electron chi connectivity index (χ0n) is 11.8. The lowest BCUT2D eigenvalue weighted by molar-refractivity contribution is 0.0871. The largest absolute Gasteiger partial charge is 0.313 e. The Kier molecular flexibility index (Phi) is 5.30. The summed E-state index contributed by atoms with van der Waals surface area (Å²) in [5.74, 6) is 2.10. The molecule has 2 nitrogen and oxygen atoms in total. The van der Waals surface area contributed by atoms with Crippen LogP contribution in [0.5, 0.6) is 0 Å². The Bertz CT molecular complexity index is 217. The van der Waals surface area contributed by atoms with Crippen molar-refractivity contribution in [2.45, 2.75) is 58.4 Å². The van der Waals surface area contributed by atoms with Crippen LogP contribution in [0.4, 0.5) is 0 Å². The third-order valence-corrected chi connectivity index (χ3v) is 4.91. The molecule has 2 heteroatoms. The molecule has 3 unspecified atom stereocenters. The molecule has 0 amide bonds. The van der Waals surface area contributed by atoms with Crippen molar-refractivity contribution in [2.24, 2.45) is 11.8 Å². The SMILES string of the molecule is CCC(C)NCCN1CCC2CCCCC2C1. The topological polar surface area (TPSA) is 15.3 Å². The molecule has 0 bridgehead atoms. The Labute approximate surface area is 107 Å². The van der Waals surface area contributed by atoms with E-state index in [4.69, 9.17) is 0 Å². The summed E-state index contributed by atoms with van der Waals surface area (Å²) in [5.41, 5.74) is 0. The lowest BCUT2D eigenvalue weighted by Crippen LogP contribution is -2.44. The molecule has 1 saturated carbocycles. The first-order valence-corrected chi connectivity index (χ1v) is 7.75. The van der Waals surface area contributed by atoms with Crippen LogP contribution in [0.3, 0.4) is 0 Å². The standard InChI is InChI=1S/C15H30N2/c1-3-13(2)16-9-11-17-10-8-14-6-4-5-7-15(14)12-17/h13-16H,3-12H2,1-2H3. The summed E-state index contributed by atoms with van der Waals surface area (Å²) in [6, 6.07) is 0.683. The van der Waals surface area contributed by atoms with Gasteiger partial charge < -0.3 is 10.2 Å². The minimum atomic E-state index is 0.683. The lowest BCUT2D eigenvalue weighted by atomic mass is 9.75. The molecule has 0 radical (unpaired) electrons. The van der Waals surface area contributed by atoms with Crippen LogP contribution in [0.2, 0.25) is 0 Å². The van der Waals surface area contributed by atoms with Crippen LogP contribution < -0.4 is 5.32 Å². The van der Waals surface area contributed by atoms with Gasteiger partial charge in [0.05, 0.1) is 0 Å². The summed E-state index contributed by atoms with van der Waals surface area (Å²) in [6.45, 7) is 9.70. The van der Waals surface area contributed by atoms with Gasteiger partial charge in [-0.1, -0.05) is 26.2 Å². The smallest absolute Gasteiger partial charge is 0.0107 e. The summed E-state index contributed by atoms with van der Waals surface area (Å²) in [7, 11) is 0. The molecule has 2 rings (SSSR count). The molecule has 1 N–H and O–H groups in total. The number of fused-ring (bicyclic) bond motifs is 1. The first-order valence-electron chi connectivity index (χ1n) is 7.75. The fourth-order valence-electron chi connectivity index (χ4n) is 3.49. The third-order valence-electron chi connectivity index (χ3n) is 4.91. The van der Waals surface area contributed by atoms with E-state index in [2.05, 4.69) is 24.1 Å². The van der Waals surface area contributed by atoms with Gasteiger partial charge >= 0.3 is 0 Å². The van der Waals surface area contributed by atoms with Crippen molar-refractivity contribution in [3.05, 3.63) is 0 Å². The molecule has 1 saturated heterocycles. The second-order valence-corrected chi connectivity index (χ2v) is 6.16. The fraction of sp³-hybridized carbons (Fsp3) is 1.00. The van der Waals surface area contributed by atoms with Crippen LogP contribution >= 0.6 is 0 Å². The summed E-state index contributed by atoms with van der Waals surface area (Å²) >= 11 is 0. The number of likely N-dealkylation sites (tertiary alicyclic amines) is 1. The van der Waals surface area contributed by atoms with Crippen LogP contribution in [-0.4, -0.2) is 37.1 Å². The molecule has 3 atom stereocenters. The van der Waals surface area contributed by atoms with E-state index in [0.29, 0.717) is 6.04 Å². The molecule has 2 fully saturated rings. The molecule has 17 heavy (non-hydrogen) atoms. The monoisotopic (exact) mass is 238 g/mol. The number of piperidine rings is 1. The molecule has 2 aliphatic rings. The van der Waals surface area contributed by atoms with Gasteiger partial charge in [0, 0.05) is 25.7 Å². The highest BCUT2D eigenvalue weighted by molar-refractivity contribution is 4.83. The lowest BCUT2D eigenvalue weighted by Gasteiger charge is -2.41. The maximum atomic E-state index is 3.61. The number of nitrogens with one attached hydrogen (secondary N) is 1. The highest BCUT2D eigenvalue weighted by atomic mass is 15.1. The molecular weight excluding hydrogens is 208 g/mol. The average molecular weight is 238 g/mol. The van der Waals surface area contributed by atoms with Gasteiger partial charge in [-0.15, -0.1) is 0 Å². The normalized spacial score (nSPS) is 32.1. The molecule has 0 aromatic heterocycles. The van der Waals surface area contributed by atoms with E-state index in [0.717, 1.165) is 11.8 Å². The van der Waals surface area contributed by atoms with Gasteiger partial charge in [-0.05, 0) is 44.6 Å². The van der Waals surface area contributed by atoms with Gasteiger partial charge in [-0.2, -0.15) is 0 Å². The molecule has 0 aromatic carbocycles. The van der Waals surface area contributed by atoms with E-state index < -0.39 is 0 Å². The minimum Gasteiger partial charge on any atom is -0.313 e. The zero-order valence-corrected chi connectivity index (χ0v) is 11.8. The van der Waals surface area contributed by atoms with Gasteiger partial charge in [-0.25, -0.2) is 0 Å². The first-order chi connectivity index (χ1) is 8.29. The second kappa shape index (κ2) is 6.75. The number of hydrogen-bond acceptors (Lipinski definition) is 2. The quantitative estimate of drug-likeness (QED) is 0.792. The molecule has 0 aromatic rings. The maximum absolute atomic E-state index is 3.61. The Balaban J connectivity index is 1.65. The summed E-state index contributed by atoms with van der Waals surface area (Å²) in [6.07, 6.45) is 8.71. The fourth-order valence-corrected chi connectivity index (χ4v) is 3.49. The summed E-state index contributed by atoms with van der Waals surface area (Å²) in [5, 5.41) is 3.61. The van der Waals surface area contributed by atoms with Crippen molar-refractivity contribution < 1.29 is 0 Å². The molecule has 100 valence electrons. The van der Waals surface area contributed by atoms with Crippen LogP contribution in [0.15, 0.2) is 0 Å². The molecule has 1 aliphatic carbocycles.